The minimum absolute atomic E-state index is 0.0290. The Morgan fingerprint density at radius 1 is 1.41 bits per heavy atom. The van der Waals surface area contributed by atoms with Gasteiger partial charge in [0.1, 0.15) is 6.10 Å². The number of hydrogen-bond acceptors (Lipinski definition) is 5. The fraction of sp³-hybridized carbons (Fsp3) is 0.267. The molecular formula is C15H13NO6. The van der Waals surface area contributed by atoms with Gasteiger partial charge < -0.3 is 18.8 Å². The van der Waals surface area contributed by atoms with Crippen molar-refractivity contribution in [1.82, 2.24) is 4.57 Å². The summed E-state index contributed by atoms with van der Waals surface area (Å²) in [6, 6.07) is 4.40. The molecule has 3 rings (SSSR count). The van der Waals surface area contributed by atoms with Crippen LogP contribution in [0.15, 0.2) is 28.9 Å². The Morgan fingerprint density at radius 3 is 2.77 bits per heavy atom. The number of esters is 1. The summed E-state index contributed by atoms with van der Waals surface area (Å²) < 4.78 is 11.8. The van der Waals surface area contributed by atoms with Crippen LogP contribution in [0.3, 0.4) is 0 Å². The molecule has 114 valence electrons. The molecule has 0 aliphatic carbocycles. The monoisotopic (exact) mass is 303 g/mol. The molecule has 0 saturated carbocycles. The molecule has 0 aromatic carbocycles. The number of aromatic carboxylic acids is 1. The van der Waals surface area contributed by atoms with Crippen LogP contribution in [0.1, 0.15) is 51.7 Å². The molecule has 1 aliphatic heterocycles. The minimum Gasteiger partial charge on any atom is -0.478 e. The second-order valence-electron chi connectivity index (χ2n) is 4.98. The third-order valence-corrected chi connectivity index (χ3v) is 3.57. The van der Waals surface area contributed by atoms with Gasteiger partial charge in [-0.3, -0.25) is 9.59 Å². The first-order chi connectivity index (χ1) is 10.5. The number of carboxylic acids is 1. The Balaban J connectivity index is 2.08. The number of ether oxygens (including phenoxy) is 1. The number of carboxylic acid groups (broad SMARTS) is 1. The molecule has 0 amide bonds. The highest BCUT2D eigenvalue weighted by Crippen LogP contribution is 2.35. The van der Waals surface area contributed by atoms with E-state index in [9.17, 15) is 19.5 Å². The predicted octanol–water partition coefficient (Wildman–Crippen LogP) is 2.02. The number of carbonyl (C=O) groups is 3. The highest BCUT2D eigenvalue weighted by molar-refractivity contribution is 6.07. The molecule has 0 radical (unpaired) electrons. The van der Waals surface area contributed by atoms with Crippen molar-refractivity contribution < 1.29 is 28.6 Å². The lowest BCUT2D eigenvalue weighted by molar-refractivity contribution is -0.146. The summed E-state index contributed by atoms with van der Waals surface area (Å²) in [4.78, 5) is 35.0. The SMILES string of the molecule is CC(=O)O[C@@H]1CCn2c(C(=O)c3ccco3)cc(C(=O)O)c21. The largest absolute Gasteiger partial charge is 0.478 e. The van der Waals surface area contributed by atoms with Crippen molar-refractivity contribution in [1.29, 1.82) is 0 Å². The zero-order chi connectivity index (χ0) is 15.9. The lowest BCUT2D eigenvalue weighted by Gasteiger charge is -2.10. The first-order valence-electron chi connectivity index (χ1n) is 6.71. The molecule has 2 aromatic heterocycles. The summed E-state index contributed by atoms with van der Waals surface area (Å²) in [6.45, 7) is 1.67. The van der Waals surface area contributed by atoms with E-state index in [1.54, 1.807) is 10.6 Å². The minimum atomic E-state index is -1.17. The van der Waals surface area contributed by atoms with Gasteiger partial charge in [-0.15, -0.1) is 0 Å². The summed E-state index contributed by atoms with van der Waals surface area (Å²) in [5, 5.41) is 9.34. The fourth-order valence-electron chi connectivity index (χ4n) is 2.74. The van der Waals surface area contributed by atoms with E-state index >= 15 is 0 Å². The number of furan rings is 1. The molecule has 1 aliphatic rings. The van der Waals surface area contributed by atoms with E-state index < -0.39 is 23.8 Å². The van der Waals surface area contributed by atoms with Crippen LogP contribution in [0.5, 0.6) is 0 Å². The highest BCUT2D eigenvalue weighted by Gasteiger charge is 2.35. The van der Waals surface area contributed by atoms with Crippen molar-refractivity contribution in [2.75, 3.05) is 0 Å². The Morgan fingerprint density at radius 2 is 2.18 bits per heavy atom. The zero-order valence-electron chi connectivity index (χ0n) is 11.7. The third-order valence-electron chi connectivity index (χ3n) is 3.57. The Kier molecular flexibility index (Phi) is 3.32. The van der Waals surface area contributed by atoms with Crippen molar-refractivity contribution in [3.63, 3.8) is 0 Å². The Labute approximate surface area is 125 Å². The molecular weight excluding hydrogens is 290 g/mol. The maximum Gasteiger partial charge on any atom is 0.337 e. The number of hydrogen-bond donors (Lipinski definition) is 1. The summed E-state index contributed by atoms with van der Waals surface area (Å²) in [7, 11) is 0. The molecule has 0 unspecified atom stereocenters. The van der Waals surface area contributed by atoms with Crippen molar-refractivity contribution in [2.45, 2.75) is 26.0 Å². The van der Waals surface area contributed by atoms with Crippen molar-refractivity contribution >= 4 is 17.7 Å². The van der Waals surface area contributed by atoms with Crippen molar-refractivity contribution in [3.8, 4) is 0 Å². The van der Waals surface area contributed by atoms with E-state index in [0.717, 1.165) is 0 Å². The van der Waals surface area contributed by atoms with Crippen molar-refractivity contribution in [2.24, 2.45) is 0 Å². The van der Waals surface area contributed by atoms with Crippen molar-refractivity contribution in [3.05, 3.63) is 47.2 Å². The molecule has 7 heteroatoms. The molecule has 7 nitrogen and oxygen atoms in total. The van der Waals surface area contributed by atoms with E-state index in [4.69, 9.17) is 9.15 Å². The smallest absolute Gasteiger partial charge is 0.337 e. The van der Waals surface area contributed by atoms with Gasteiger partial charge in [0, 0.05) is 19.9 Å². The summed E-state index contributed by atoms with van der Waals surface area (Å²) >= 11 is 0. The molecule has 0 fully saturated rings. The highest BCUT2D eigenvalue weighted by atomic mass is 16.5. The molecule has 2 aromatic rings. The number of rotatable bonds is 4. The van der Waals surface area contributed by atoms with Crippen LogP contribution in [-0.2, 0) is 16.1 Å². The van der Waals surface area contributed by atoms with Crippen LogP contribution in [0.2, 0.25) is 0 Å². The molecule has 0 saturated heterocycles. The maximum absolute atomic E-state index is 12.4. The van der Waals surface area contributed by atoms with Crippen LogP contribution in [-0.4, -0.2) is 27.4 Å². The summed E-state index contributed by atoms with van der Waals surface area (Å²) in [5.41, 5.74) is 0.535. The van der Waals surface area contributed by atoms with Gasteiger partial charge in [-0.05, 0) is 18.2 Å². The van der Waals surface area contributed by atoms with Crippen LogP contribution in [0.4, 0.5) is 0 Å². The first kappa shape index (κ1) is 14.1. The number of ketones is 1. The van der Waals surface area contributed by atoms with Gasteiger partial charge in [0.15, 0.2) is 5.76 Å². The molecule has 1 N–H and O–H groups in total. The Bertz CT molecular complexity index is 755. The van der Waals surface area contributed by atoms with Gasteiger partial charge in [-0.25, -0.2) is 4.79 Å². The molecule has 22 heavy (non-hydrogen) atoms. The van der Waals surface area contributed by atoms with Gasteiger partial charge in [0.25, 0.3) is 0 Å². The number of fused-ring (bicyclic) bond motifs is 1. The quantitative estimate of drug-likeness (QED) is 0.685. The van der Waals surface area contributed by atoms with Crippen LogP contribution < -0.4 is 0 Å². The zero-order valence-corrected chi connectivity index (χ0v) is 11.7. The first-order valence-corrected chi connectivity index (χ1v) is 6.71. The number of carbonyl (C=O) groups excluding carboxylic acids is 2. The van der Waals surface area contributed by atoms with Gasteiger partial charge in [-0.2, -0.15) is 0 Å². The van der Waals surface area contributed by atoms with Gasteiger partial charge in [-0.1, -0.05) is 0 Å². The summed E-state index contributed by atoms with van der Waals surface area (Å²) in [6.07, 6.45) is 1.16. The van der Waals surface area contributed by atoms with Crippen LogP contribution in [0, 0.1) is 0 Å². The number of aromatic nitrogens is 1. The van der Waals surface area contributed by atoms with Crippen LogP contribution >= 0.6 is 0 Å². The van der Waals surface area contributed by atoms with E-state index in [1.165, 1.54) is 25.3 Å². The maximum atomic E-state index is 12.4. The normalized spacial score (nSPS) is 16.3. The van der Waals surface area contributed by atoms with Crippen LogP contribution in [0.25, 0.3) is 0 Å². The lowest BCUT2D eigenvalue weighted by atomic mass is 10.1. The molecule has 0 spiro atoms. The molecule has 3 heterocycles. The standard InChI is InChI=1S/C15H13NO6/c1-8(17)22-11-4-5-16-10(7-9(13(11)16)15(19)20)14(18)12-3-2-6-21-12/h2-3,6-7,11H,4-5H2,1H3,(H,19,20)/t11-/m1/s1. The Hall–Kier alpha value is -2.83. The fourth-order valence-corrected chi connectivity index (χ4v) is 2.74. The summed E-state index contributed by atoms with van der Waals surface area (Å²) in [5.74, 6) is -1.92. The second kappa shape index (κ2) is 5.18. The number of nitrogens with zero attached hydrogens (tertiary/aromatic N) is 1. The predicted molar refractivity (Wildman–Crippen MR) is 72.7 cm³/mol. The third kappa shape index (κ3) is 2.20. The topological polar surface area (TPSA) is 98.7 Å². The van der Waals surface area contributed by atoms with E-state index in [1.807, 2.05) is 0 Å². The lowest BCUT2D eigenvalue weighted by Crippen LogP contribution is -2.10. The average Bonchev–Trinajstić information content (AvgIpc) is 3.13. The van der Waals surface area contributed by atoms with Gasteiger partial charge in [0.2, 0.25) is 5.78 Å². The van der Waals surface area contributed by atoms with E-state index in [-0.39, 0.29) is 17.0 Å². The van der Waals surface area contributed by atoms with E-state index in [2.05, 4.69) is 0 Å². The van der Waals surface area contributed by atoms with Gasteiger partial charge >= 0.3 is 11.9 Å². The molecule has 1 atom stereocenters. The van der Waals surface area contributed by atoms with E-state index in [0.29, 0.717) is 18.7 Å². The van der Waals surface area contributed by atoms with Gasteiger partial charge in [0.05, 0.1) is 23.2 Å². The molecule has 0 bridgehead atoms. The average molecular weight is 303 g/mol. The second-order valence-corrected chi connectivity index (χ2v) is 4.98.